The van der Waals surface area contributed by atoms with Gasteiger partial charge in [-0.2, -0.15) is 0 Å². The van der Waals surface area contributed by atoms with Gasteiger partial charge in [-0.25, -0.2) is 4.39 Å². The van der Waals surface area contributed by atoms with Crippen molar-refractivity contribution in [3.05, 3.63) is 24.0 Å². The molecular weight excluding hydrogens is 233 g/mol. The molecule has 0 aliphatic heterocycles. The monoisotopic (exact) mass is 251 g/mol. The summed E-state index contributed by atoms with van der Waals surface area (Å²) in [5, 5.41) is 11.6. The summed E-state index contributed by atoms with van der Waals surface area (Å²) < 4.78 is 13.4. The van der Waals surface area contributed by atoms with Gasteiger partial charge in [0.2, 0.25) is 5.91 Å². The van der Waals surface area contributed by atoms with Crippen LogP contribution in [0.4, 0.5) is 10.1 Å². The fourth-order valence-corrected chi connectivity index (χ4v) is 2.46. The number of hydrogen-bond acceptors (Lipinski definition) is 2. The number of benzene rings is 1. The van der Waals surface area contributed by atoms with E-state index in [0.717, 1.165) is 18.9 Å². The number of aromatic hydroxyl groups is 1. The predicted molar refractivity (Wildman–Crippen MR) is 67.9 cm³/mol. The van der Waals surface area contributed by atoms with Crippen molar-refractivity contribution in [2.75, 3.05) is 5.32 Å². The normalized spacial score (nSPS) is 16.5. The van der Waals surface area contributed by atoms with Crippen molar-refractivity contribution in [2.24, 2.45) is 5.92 Å². The largest absolute Gasteiger partial charge is 0.508 e. The van der Waals surface area contributed by atoms with Crippen LogP contribution in [0.2, 0.25) is 0 Å². The van der Waals surface area contributed by atoms with Crippen LogP contribution in [-0.2, 0) is 4.79 Å². The first-order valence-electron chi connectivity index (χ1n) is 6.43. The maximum atomic E-state index is 13.4. The molecule has 2 N–H and O–H groups in total. The second-order valence-corrected chi connectivity index (χ2v) is 4.92. The van der Waals surface area contributed by atoms with E-state index in [4.69, 9.17) is 5.11 Å². The van der Waals surface area contributed by atoms with Crippen LogP contribution >= 0.6 is 0 Å². The summed E-state index contributed by atoms with van der Waals surface area (Å²) in [5.41, 5.74) is 0.133. The van der Waals surface area contributed by atoms with Gasteiger partial charge in [-0.3, -0.25) is 4.79 Å². The van der Waals surface area contributed by atoms with Gasteiger partial charge in [-0.05, 0) is 30.9 Å². The Bertz CT molecular complexity index is 428. The predicted octanol–water partition coefficient (Wildman–Crippen LogP) is 3.44. The highest BCUT2D eigenvalue weighted by atomic mass is 19.1. The molecule has 1 aromatic rings. The Morgan fingerprint density at radius 2 is 2.06 bits per heavy atom. The maximum absolute atomic E-state index is 13.4. The van der Waals surface area contributed by atoms with Crippen LogP contribution in [0.3, 0.4) is 0 Å². The molecule has 1 aliphatic carbocycles. The molecule has 0 unspecified atom stereocenters. The van der Waals surface area contributed by atoms with Crippen molar-refractivity contribution >= 4 is 11.6 Å². The van der Waals surface area contributed by atoms with E-state index in [-0.39, 0.29) is 17.3 Å². The maximum Gasteiger partial charge on any atom is 0.224 e. The average Bonchev–Trinajstić information content (AvgIpc) is 2.34. The van der Waals surface area contributed by atoms with Crippen molar-refractivity contribution in [3.63, 3.8) is 0 Å². The zero-order valence-corrected chi connectivity index (χ0v) is 10.3. The lowest BCUT2D eigenvalue weighted by molar-refractivity contribution is -0.117. The molecule has 0 saturated heterocycles. The lowest BCUT2D eigenvalue weighted by Crippen LogP contribution is -2.18. The van der Waals surface area contributed by atoms with Gasteiger partial charge in [0.05, 0.1) is 5.69 Å². The molecule has 0 bridgehead atoms. The molecule has 18 heavy (non-hydrogen) atoms. The van der Waals surface area contributed by atoms with Crippen LogP contribution in [0.25, 0.3) is 0 Å². The molecule has 1 fully saturated rings. The number of nitrogens with one attached hydrogen (secondary N) is 1. The highest BCUT2D eigenvalue weighted by molar-refractivity contribution is 5.91. The second-order valence-electron chi connectivity index (χ2n) is 4.92. The standard InChI is InChI=1S/C14H18FNO2/c15-12-9-11(17)6-7-13(12)16-14(18)8-10-4-2-1-3-5-10/h6-7,9-10,17H,1-5,8H2,(H,16,18). The van der Waals surface area contributed by atoms with E-state index >= 15 is 0 Å². The number of rotatable bonds is 3. The van der Waals surface area contributed by atoms with Crippen LogP contribution in [0.1, 0.15) is 38.5 Å². The molecule has 1 saturated carbocycles. The van der Waals surface area contributed by atoms with Gasteiger partial charge in [-0.15, -0.1) is 0 Å². The minimum absolute atomic E-state index is 0.133. The first-order chi connectivity index (χ1) is 8.65. The molecule has 0 radical (unpaired) electrons. The summed E-state index contributed by atoms with van der Waals surface area (Å²) in [4.78, 5) is 11.8. The van der Waals surface area contributed by atoms with E-state index in [1.807, 2.05) is 0 Å². The van der Waals surface area contributed by atoms with Crippen LogP contribution in [0, 0.1) is 11.7 Å². The van der Waals surface area contributed by atoms with Gasteiger partial charge in [0, 0.05) is 12.5 Å². The molecule has 98 valence electrons. The fourth-order valence-electron chi connectivity index (χ4n) is 2.46. The first kappa shape index (κ1) is 12.9. The number of carbonyl (C=O) groups is 1. The van der Waals surface area contributed by atoms with E-state index in [2.05, 4.69) is 5.32 Å². The van der Waals surface area contributed by atoms with E-state index in [9.17, 15) is 9.18 Å². The van der Waals surface area contributed by atoms with E-state index in [1.54, 1.807) is 0 Å². The second kappa shape index (κ2) is 5.85. The van der Waals surface area contributed by atoms with Gasteiger partial charge < -0.3 is 10.4 Å². The van der Waals surface area contributed by atoms with Crippen LogP contribution in [-0.4, -0.2) is 11.0 Å². The summed E-state index contributed by atoms with van der Waals surface area (Å²) in [6, 6.07) is 3.74. The third kappa shape index (κ3) is 3.45. The number of hydrogen-bond donors (Lipinski definition) is 2. The van der Waals surface area contributed by atoms with Gasteiger partial charge in [-0.1, -0.05) is 19.3 Å². The molecule has 1 aromatic carbocycles. The number of amides is 1. The van der Waals surface area contributed by atoms with E-state index in [0.29, 0.717) is 12.3 Å². The summed E-state index contributed by atoms with van der Waals surface area (Å²) >= 11 is 0. The third-order valence-electron chi connectivity index (χ3n) is 3.43. The van der Waals surface area contributed by atoms with E-state index < -0.39 is 5.82 Å². The zero-order valence-electron chi connectivity index (χ0n) is 10.3. The van der Waals surface area contributed by atoms with Crippen molar-refractivity contribution in [2.45, 2.75) is 38.5 Å². The number of carbonyl (C=O) groups excluding carboxylic acids is 1. The fraction of sp³-hybridized carbons (Fsp3) is 0.500. The Morgan fingerprint density at radius 1 is 1.33 bits per heavy atom. The molecular formula is C14H18FNO2. The Morgan fingerprint density at radius 3 is 2.72 bits per heavy atom. The molecule has 3 nitrogen and oxygen atoms in total. The summed E-state index contributed by atoms with van der Waals surface area (Å²) in [5.74, 6) is -0.463. The smallest absolute Gasteiger partial charge is 0.224 e. The van der Waals surface area contributed by atoms with Crippen LogP contribution in [0.15, 0.2) is 18.2 Å². The Balaban J connectivity index is 1.90. The Kier molecular flexibility index (Phi) is 4.18. The molecule has 4 heteroatoms. The van der Waals surface area contributed by atoms with Crippen molar-refractivity contribution in [1.29, 1.82) is 0 Å². The number of phenolic OH excluding ortho intramolecular Hbond substituents is 1. The third-order valence-corrected chi connectivity index (χ3v) is 3.43. The minimum atomic E-state index is -0.605. The summed E-state index contributed by atoms with van der Waals surface area (Å²) in [7, 11) is 0. The van der Waals surface area contributed by atoms with E-state index in [1.165, 1.54) is 31.4 Å². The molecule has 0 spiro atoms. The zero-order chi connectivity index (χ0) is 13.0. The highest BCUT2D eigenvalue weighted by Crippen LogP contribution is 2.27. The quantitative estimate of drug-likeness (QED) is 0.808. The molecule has 0 aromatic heterocycles. The highest BCUT2D eigenvalue weighted by Gasteiger charge is 2.17. The molecule has 0 heterocycles. The van der Waals surface area contributed by atoms with Gasteiger partial charge in [0.1, 0.15) is 11.6 Å². The lowest BCUT2D eigenvalue weighted by atomic mass is 9.87. The molecule has 0 atom stereocenters. The van der Waals surface area contributed by atoms with Gasteiger partial charge in [0.25, 0.3) is 0 Å². The van der Waals surface area contributed by atoms with Gasteiger partial charge in [0.15, 0.2) is 0 Å². The number of phenols is 1. The average molecular weight is 251 g/mol. The number of anilines is 1. The van der Waals surface area contributed by atoms with Crippen LogP contribution in [0.5, 0.6) is 5.75 Å². The number of halogens is 1. The lowest BCUT2D eigenvalue weighted by Gasteiger charge is -2.20. The minimum Gasteiger partial charge on any atom is -0.508 e. The van der Waals surface area contributed by atoms with Crippen molar-refractivity contribution < 1.29 is 14.3 Å². The molecule has 1 amide bonds. The van der Waals surface area contributed by atoms with Crippen LogP contribution < -0.4 is 5.32 Å². The van der Waals surface area contributed by atoms with Gasteiger partial charge >= 0.3 is 0 Å². The Hall–Kier alpha value is -1.58. The van der Waals surface area contributed by atoms with Crippen molar-refractivity contribution in [3.8, 4) is 5.75 Å². The summed E-state index contributed by atoms with van der Waals surface area (Å²) in [6.45, 7) is 0. The topological polar surface area (TPSA) is 49.3 Å². The van der Waals surface area contributed by atoms with Crippen molar-refractivity contribution in [1.82, 2.24) is 0 Å². The first-order valence-corrected chi connectivity index (χ1v) is 6.43. The molecule has 1 aliphatic rings. The SMILES string of the molecule is O=C(CC1CCCCC1)Nc1ccc(O)cc1F. The Labute approximate surface area is 106 Å². The molecule has 2 rings (SSSR count). The summed E-state index contributed by atoms with van der Waals surface area (Å²) in [6.07, 6.45) is 6.26.